The van der Waals surface area contributed by atoms with E-state index in [0.29, 0.717) is 13.2 Å². The molecule has 0 aliphatic carbocycles. The summed E-state index contributed by atoms with van der Waals surface area (Å²) in [5, 5.41) is 8.60. The quantitative estimate of drug-likeness (QED) is 0.354. The molecule has 0 rings (SSSR count). The Labute approximate surface area is 106 Å². The van der Waals surface area contributed by atoms with E-state index in [1.165, 1.54) is 38.5 Å². The van der Waals surface area contributed by atoms with Crippen molar-refractivity contribution in [2.75, 3.05) is 13.2 Å². The molecule has 4 nitrogen and oxygen atoms in total. The van der Waals surface area contributed by atoms with Crippen LogP contribution in [-0.4, -0.2) is 28.1 Å². The van der Waals surface area contributed by atoms with Gasteiger partial charge < -0.3 is 19.4 Å². The van der Waals surface area contributed by atoms with Gasteiger partial charge in [-0.25, -0.2) is 0 Å². The third kappa shape index (κ3) is 16.3. The summed E-state index contributed by atoms with van der Waals surface area (Å²) in [6, 6.07) is 0. The molecule has 0 fully saturated rings. The molecule has 3 N–H and O–H groups in total. The predicted molar refractivity (Wildman–Crippen MR) is 70.6 cm³/mol. The van der Waals surface area contributed by atoms with E-state index in [2.05, 4.69) is 4.52 Å². The van der Waals surface area contributed by atoms with Crippen LogP contribution >= 0.6 is 8.60 Å². The van der Waals surface area contributed by atoms with Crippen molar-refractivity contribution in [1.29, 1.82) is 0 Å². The molecule has 5 heteroatoms. The summed E-state index contributed by atoms with van der Waals surface area (Å²) in [7, 11) is -2.16. The van der Waals surface area contributed by atoms with Crippen LogP contribution in [0.1, 0.15) is 64.2 Å². The highest BCUT2D eigenvalue weighted by atomic mass is 31.2. The number of rotatable bonds is 13. The minimum atomic E-state index is -2.16. The third-order valence-electron chi connectivity index (χ3n) is 2.76. The molecule has 0 amide bonds. The van der Waals surface area contributed by atoms with Gasteiger partial charge in [-0.2, -0.15) is 0 Å². The highest BCUT2D eigenvalue weighted by Gasteiger charge is 1.98. The summed E-state index contributed by atoms with van der Waals surface area (Å²) in [6.07, 6.45) is 11.7. The maximum absolute atomic E-state index is 8.60. The summed E-state index contributed by atoms with van der Waals surface area (Å²) in [5.41, 5.74) is 0. The van der Waals surface area contributed by atoms with Gasteiger partial charge in [0.1, 0.15) is 0 Å². The molecular weight excluding hydrogens is 239 g/mol. The van der Waals surface area contributed by atoms with Gasteiger partial charge in [0, 0.05) is 6.61 Å². The minimum absolute atomic E-state index is 0.325. The molecule has 17 heavy (non-hydrogen) atoms. The van der Waals surface area contributed by atoms with E-state index in [9.17, 15) is 0 Å². The van der Waals surface area contributed by atoms with E-state index >= 15 is 0 Å². The molecule has 0 atom stereocenters. The summed E-state index contributed by atoms with van der Waals surface area (Å²) in [6.45, 7) is 0.784. The number of hydrogen-bond donors (Lipinski definition) is 3. The fraction of sp³-hybridized carbons (Fsp3) is 1.00. The predicted octanol–water partition coefficient (Wildman–Crippen LogP) is 3.11. The SMILES string of the molecule is OCCCCCCCCCCCCOP(O)O. The highest BCUT2D eigenvalue weighted by molar-refractivity contribution is 7.39. The van der Waals surface area contributed by atoms with Crippen LogP contribution in [0.25, 0.3) is 0 Å². The Hall–Kier alpha value is 0.270. The zero-order valence-corrected chi connectivity index (χ0v) is 11.6. The van der Waals surface area contributed by atoms with Crippen LogP contribution in [0.15, 0.2) is 0 Å². The molecule has 0 aromatic rings. The molecule has 104 valence electrons. The summed E-state index contributed by atoms with van der Waals surface area (Å²) < 4.78 is 4.68. The molecule has 0 radical (unpaired) electrons. The normalized spacial score (nSPS) is 11.3. The van der Waals surface area contributed by atoms with Crippen LogP contribution in [0.5, 0.6) is 0 Å². The number of aliphatic hydroxyl groups is 1. The fourth-order valence-corrected chi connectivity index (χ4v) is 2.07. The third-order valence-corrected chi connectivity index (χ3v) is 3.17. The Morgan fingerprint density at radius 2 is 1.06 bits per heavy atom. The van der Waals surface area contributed by atoms with Crippen molar-refractivity contribution in [3.8, 4) is 0 Å². The Bertz CT molecular complexity index is 144. The molecular formula is C12H27O4P. The second kappa shape index (κ2) is 14.3. The average molecular weight is 266 g/mol. The van der Waals surface area contributed by atoms with Gasteiger partial charge in [0.2, 0.25) is 0 Å². The van der Waals surface area contributed by atoms with Gasteiger partial charge in [0.15, 0.2) is 0 Å². The molecule has 0 saturated carbocycles. The van der Waals surface area contributed by atoms with Crippen LogP contribution in [0.4, 0.5) is 0 Å². The molecule has 0 saturated heterocycles. The number of aliphatic hydroxyl groups excluding tert-OH is 1. The second-order valence-electron chi connectivity index (χ2n) is 4.35. The topological polar surface area (TPSA) is 69.9 Å². The molecule has 0 heterocycles. The first-order chi connectivity index (χ1) is 8.27. The van der Waals surface area contributed by atoms with E-state index in [-0.39, 0.29) is 0 Å². The fourth-order valence-electron chi connectivity index (χ4n) is 1.77. The van der Waals surface area contributed by atoms with Crippen molar-refractivity contribution in [2.45, 2.75) is 64.2 Å². The lowest BCUT2D eigenvalue weighted by Gasteiger charge is -2.04. The largest absolute Gasteiger partial charge is 0.396 e. The molecule has 0 aliphatic heterocycles. The van der Waals surface area contributed by atoms with Gasteiger partial charge in [-0.1, -0.05) is 51.4 Å². The lowest BCUT2D eigenvalue weighted by Crippen LogP contribution is -1.89. The van der Waals surface area contributed by atoms with E-state index in [4.69, 9.17) is 14.9 Å². The molecule has 0 aliphatic rings. The van der Waals surface area contributed by atoms with Gasteiger partial charge >= 0.3 is 8.60 Å². The Balaban J connectivity index is 2.89. The maximum atomic E-state index is 8.60. The number of hydrogen-bond acceptors (Lipinski definition) is 4. The number of unbranched alkanes of at least 4 members (excludes halogenated alkanes) is 9. The lowest BCUT2D eigenvalue weighted by molar-refractivity contribution is 0.248. The molecule has 0 unspecified atom stereocenters. The first-order valence-electron chi connectivity index (χ1n) is 6.69. The zero-order chi connectivity index (χ0) is 12.8. The summed E-state index contributed by atoms with van der Waals surface area (Å²) in [4.78, 5) is 17.0. The van der Waals surface area contributed by atoms with Crippen molar-refractivity contribution in [3.05, 3.63) is 0 Å². The van der Waals surface area contributed by atoms with E-state index in [0.717, 1.165) is 25.7 Å². The van der Waals surface area contributed by atoms with Gasteiger partial charge in [-0.05, 0) is 12.8 Å². The molecule has 0 aromatic carbocycles. The Morgan fingerprint density at radius 3 is 1.47 bits per heavy atom. The molecule has 0 spiro atoms. The van der Waals surface area contributed by atoms with Crippen molar-refractivity contribution in [1.82, 2.24) is 0 Å². The Kier molecular flexibility index (Phi) is 14.6. The van der Waals surface area contributed by atoms with E-state index in [1.807, 2.05) is 0 Å². The van der Waals surface area contributed by atoms with E-state index < -0.39 is 8.60 Å². The van der Waals surface area contributed by atoms with Gasteiger partial charge in [0.25, 0.3) is 0 Å². The summed E-state index contributed by atoms with van der Waals surface area (Å²) in [5.74, 6) is 0. The highest BCUT2D eigenvalue weighted by Crippen LogP contribution is 2.24. The smallest absolute Gasteiger partial charge is 0.327 e. The van der Waals surface area contributed by atoms with Gasteiger partial charge in [0.05, 0.1) is 6.61 Å². The monoisotopic (exact) mass is 266 g/mol. The van der Waals surface area contributed by atoms with Crippen molar-refractivity contribution in [3.63, 3.8) is 0 Å². The van der Waals surface area contributed by atoms with Crippen molar-refractivity contribution >= 4 is 8.60 Å². The lowest BCUT2D eigenvalue weighted by atomic mass is 10.1. The zero-order valence-electron chi connectivity index (χ0n) is 10.7. The van der Waals surface area contributed by atoms with Gasteiger partial charge in [-0.3, -0.25) is 0 Å². The van der Waals surface area contributed by atoms with Gasteiger partial charge in [-0.15, -0.1) is 0 Å². The second-order valence-corrected chi connectivity index (χ2v) is 5.11. The van der Waals surface area contributed by atoms with Crippen molar-refractivity contribution < 1.29 is 19.4 Å². The van der Waals surface area contributed by atoms with Crippen LogP contribution in [0.2, 0.25) is 0 Å². The van der Waals surface area contributed by atoms with Crippen LogP contribution in [0.3, 0.4) is 0 Å². The van der Waals surface area contributed by atoms with Crippen LogP contribution in [-0.2, 0) is 4.52 Å². The van der Waals surface area contributed by atoms with E-state index in [1.54, 1.807) is 0 Å². The maximum Gasteiger partial charge on any atom is 0.327 e. The standard InChI is InChI=1S/C12H27O4P/c13-11-9-7-5-3-1-2-4-6-8-10-12-16-17(14)15/h13-15H,1-12H2. The van der Waals surface area contributed by atoms with Crippen LogP contribution < -0.4 is 0 Å². The minimum Gasteiger partial charge on any atom is -0.396 e. The summed E-state index contributed by atoms with van der Waals surface area (Å²) >= 11 is 0. The van der Waals surface area contributed by atoms with Crippen LogP contribution in [0, 0.1) is 0 Å². The van der Waals surface area contributed by atoms with Crippen molar-refractivity contribution in [2.24, 2.45) is 0 Å². The first kappa shape index (κ1) is 17.3. The average Bonchev–Trinajstić information content (AvgIpc) is 2.30. The Morgan fingerprint density at radius 1 is 0.647 bits per heavy atom. The first-order valence-corrected chi connectivity index (χ1v) is 7.85. The molecule has 0 bridgehead atoms. The molecule has 0 aromatic heterocycles.